The van der Waals surface area contributed by atoms with Crippen LogP contribution >= 0.6 is 11.8 Å². The van der Waals surface area contributed by atoms with Crippen molar-refractivity contribution < 1.29 is 47.6 Å². The van der Waals surface area contributed by atoms with Gasteiger partial charge in [-0.25, -0.2) is 9.59 Å². The lowest BCUT2D eigenvalue weighted by Gasteiger charge is -2.26. The second kappa shape index (κ2) is 25.9. The Morgan fingerprint density at radius 1 is 0.467 bits per heavy atom. The molecule has 1 aliphatic heterocycles. The number of ether oxygens (including phenoxy) is 6. The monoisotopic (exact) mass is 1020 g/mol. The molecule has 0 aromatic heterocycles. The van der Waals surface area contributed by atoms with E-state index in [-0.39, 0.29) is 71.8 Å². The number of hydrogen-bond acceptors (Lipinski definition) is 11. The molecule has 1 saturated heterocycles. The summed E-state index contributed by atoms with van der Waals surface area (Å²) in [6, 6.07) is 61.4. The van der Waals surface area contributed by atoms with Crippen LogP contribution in [0.1, 0.15) is 87.7 Å². The quantitative estimate of drug-likeness (QED) is 0.0544. The first-order valence-electron chi connectivity index (χ1n) is 24.8. The van der Waals surface area contributed by atoms with Crippen LogP contribution in [0.3, 0.4) is 0 Å². The smallest absolute Gasteiger partial charge is 0.339 e. The van der Waals surface area contributed by atoms with E-state index in [0.717, 1.165) is 40.0 Å². The third-order valence-electron chi connectivity index (χ3n) is 12.4. The molecule has 0 spiro atoms. The average Bonchev–Trinajstić information content (AvgIpc) is 3.69. The van der Waals surface area contributed by atoms with Crippen LogP contribution in [0.25, 0.3) is 0 Å². The fourth-order valence-corrected chi connectivity index (χ4v) is 9.52. The zero-order chi connectivity index (χ0) is 51.6. The molecular weight excluding hydrogens is 963 g/mol. The molecule has 12 heteroatoms. The average molecular weight is 1020 g/mol. The van der Waals surface area contributed by atoms with Crippen LogP contribution in [0.4, 0.5) is 0 Å². The van der Waals surface area contributed by atoms with Crippen LogP contribution in [0, 0.1) is 0 Å². The van der Waals surface area contributed by atoms with E-state index in [4.69, 9.17) is 28.4 Å². The molecule has 8 aromatic carbocycles. The standard InChI is InChI=1S/C63H55NO10S/c65-60(58-52(63(68)73-42-48-26-14-5-15-27-48)28-16-29-55(58)70-39-45-20-8-2-9-21-45)59-56(71-40-46-22-10-3-11-23-46)36-50(37-57(59)72-41-47-24-12-4-13-25-47)62(67)74-54-30-17-35-75-43-53(54)64-61(66)49-31-33-51(34-32-49)69-38-44-18-6-1-7-19-44/h1-16,18-29,31-34,36-37,53-54H,17,30,35,38-43H2,(H,64,66)/t53-,54-/m1/s1. The molecule has 0 unspecified atom stereocenters. The third kappa shape index (κ3) is 14.1. The highest BCUT2D eigenvalue weighted by molar-refractivity contribution is 7.99. The number of benzene rings is 8. The number of ketones is 1. The van der Waals surface area contributed by atoms with Crippen LogP contribution in [0.15, 0.2) is 206 Å². The SMILES string of the molecule is O=C(N[C@@H]1CSCCC[C@H]1OC(=O)c1cc(OCc2ccccc2)c(C(=O)c2c(OCc3ccccc3)cccc2C(=O)OCc2ccccc2)c(OCc2ccccc2)c1)c1ccc(OCc2ccccc2)cc1. The molecule has 11 nitrogen and oxygen atoms in total. The van der Waals surface area contributed by atoms with Crippen LogP contribution < -0.4 is 24.3 Å². The fraction of sp³-hybridized carbons (Fsp3) is 0.175. The van der Waals surface area contributed by atoms with Crippen molar-refractivity contribution in [3.63, 3.8) is 0 Å². The van der Waals surface area contributed by atoms with Gasteiger partial charge in [-0.3, -0.25) is 9.59 Å². The van der Waals surface area contributed by atoms with Crippen LogP contribution in [-0.2, 0) is 42.5 Å². The molecule has 0 saturated carbocycles. The lowest BCUT2D eigenvalue weighted by atomic mass is 9.94. The number of hydrogen-bond donors (Lipinski definition) is 1. The molecule has 0 aliphatic carbocycles. The van der Waals surface area contributed by atoms with Crippen molar-refractivity contribution in [2.45, 2.75) is 58.0 Å². The molecule has 2 atom stereocenters. The summed E-state index contributed by atoms with van der Waals surface area (Å²) in [5.74, 6) is -0.374. The first kappa shape index (κ1) is 51.3. The predicted molar refractivity (Wildman–Crippen MR) is 288 cm³/mol. The Morgan fingerprint density at radius 2 is 0.947 bits per heavy atom. The highest BCUT2D eigenvalue weighted by Crippen LogP contribution is 2.38. The highest BCUT2D eigenvalue weighted by Gasteiger charge is 2.33. The van der Waals surface area contributed by atoms with Crippen molar-refractivity contribution in [1.82, 2.24) is 5.32 Å². The normalized spacial score (nSPS) is 14.1. The van der Waals surface area contributed by atoms with Gasteiger partial charge < -0.3 is 33.7 Å². The van der Waals surface area contributed by atoms with Gasteiger partial charge in [0.25, 0.3) is 5.91 Å². The molecule has 1 N–H and O–H groups in total. The van der Waals surface area contributed by atoms with E-state index in [0.29, 0.717) is 30.1 Å². The number of esters is 2. The number of carbonyl (C=O) groups is 4. The van der Waals surface area contributed by atoms with Crippen LogP contribution in [0.2, 0.25) is 0 Å². The van der Waals surface area contributed by atoms with Gasteiger partial charge in [0.2, 0.25) is 5.78 Å². The molecular formula is C63H55NO10S. The molecule has 1 heterocycles. The lowest BCUT2D eigenvalue weighted by molar-refractivity contribution is 0.0198. The number of amides is 1. The van der Waals surface area contributed by atoms with Gasteiger partial charge in [0.05, 0.1) is 22.7 Å². The van der Waals surface area contributed by atoms with Gasteiger partial charge in [-0.1, -0.05) is 158 Å². The third-order valence-corrected chi connectivity index (χ3v) is 13.6. The van der Waals surface area contributed by atoms with Crippen molar-refractivity contribution in [1.29, 1.82) is 0 Å². The van der Waals surface area contributed by atoms with Crippen molar-refractivity contribution in [3.05, 3.63) is 262 Å². The van der Waals surface area contributed by atoms with E-state index < -0.39 is 29.9 Å². The minimum absolute atomic E-state index is 0.000278. The van der Waals surface area contributed by atoms with Gasteiger partial charge >= 0.3 is 11.9 Å². The minimum Gasteiger partial charge on any atom is -0.489 e. The number of thioether (sulfide) groups is 1. The van der Waals surface area contributed by atoms with E-state index in [1.54, 1.807) is 48.2 Å². The van der Waals surface area contributed by atoms with E-state index in [1.807, 2.05) is 152 Å². The first-order valence-corrected chi connectivity index (χ1v) is 25.9. The fourth-order valence-electron chi connectivity index (χ4n) is 8.43. The van der Waals surface area contributed by atoms with Gasteiger partial charge in [-0.15, -0.1) is 0 Å². The number of nitrogens with one attached hydrogen (secondary N) is 1. The molecule has 0 bridgehead atoms. The Bertz CT molecular complexity index is 3090. The molecule has 378 valence electrons. The molecule has 9 rings (SSSR count). The van der Waals surface area contributed by atoms with E-state index >= 15 is 4.79 Å². The number of carbonyl (C=O) groups excluding carboxylic acids is 4. The largest absolute Gasteiger partial charge is 0.489 e. The number of rotatable bonds is 21. The van der Waals surface area contributed by atoms with Crippen molar-refractivity contribution in [2.75, 3.05) is 11.5 Å². The molecule has 1 aliphatic rings. The second-order valence-corrected chi connectivity index (χ2v) is 18.9. The predicted octanol–water partition coefficient (Wildman–Crippen LogP) is 12.4. The molecule has 1 amide bonds. The zero-order valence-electron chi connectivity index (χ0n) is 41.1. The summed E-state index contributed by atoms with van der Waals surface area (Å²) >= 11 is 1.67. The van der Waals surface area contributed by atoms with E-state index in [9.17, 15) is 14.4 Å². The van der Waals surface area contributed by atoms with E-state index in [1.165, 1.54) is 18.2 Å². The summed E-state index contributed by atoms with van der Waals surface area (Å²) < 4.78 is 37.7. The Labute approximate surface area is 440 Å². The maximum absolute atomic E-state index is 15.7. The summed E-state index contributed by atoms with van der Waals surface area (Å²) in [5, 5.41) is 3.14. The maximum atomic E-state index is 15.7. The summed E-state index contributed by atoms with van der Waals surface area (Å²) in [7, 11) is 0. The Hall–Kier alpha value is -8.61. The van der Waals surface area contributed by atoms with Crippen molar-refractivity contribution >= 4 is 35.4 Å². The van der Waals surface area contributed by atoms with Gasteiger partial charge in [-0.05, 0) is 94.9 Å². The second-order valence-electron chi connectivity index (χ2n) is 17.8. The summed E-state index contributed by atoms with van der Waals surface area (Å²) in [4.78, 5) is 58.5. The topological polar surface area (TPSA) is 136 Å². The van der Waals surface area contributed by atoms with Crippen LogP contribution in [0.5, 0.6) is 23.0 Å². The van der Waals surface area contributed by atoms with Gasteiger partial charge in [-0.2, -0.15) is 11.8 Å². The molecule has 0 radical (unpaired) electrons. The Balaban J connectivity index is 1.05. The van der Waals surface area contributed by atoms with E-state index in [2.05, 4.69) is 5.32 Å². The van der Waals surface area contributed by atoms with Crippen molar-refractivity contribution in [2.24, 2.45) is 0 Å². The zero-order valence-corrected chi connectivity index (χ0v) is 42.0. The Kier molecular flexibility index (Phi) is 17.7. The first-order chi connectivity index (χ1) is 36.8. The molecule has 75 heavy (non-hydrogen) atoms. The van der Waals surface area contributed by atoms with Gasteiger partial charge in [0, 0.05) is 11.3 Å². The van der Waals surface area contributed by atoms with Gasteiger partial charge in [0.15, 0.2) is 0 Å². The maximum Gasteiger partial charge on any atom is 0.339 e. The lowest BCUT2D eigenvalue weighted by Crippen LogP contribution is -2.46. The van der Waals surface area contributed by atoms with Gasteiger partial charge in [0.1, 0.15) is 67.7 Å². The summed E-state index contributed by atoms with van der Waals surface area (Å²) in [5.41, 5.74) is 4.50. The highest BCUT2D eigenvalue weighted by atomic mass is 32.2. The van der Waals surface area contributed by atoms with Crippen molar-refractivity contribution in [3.8, 4) is 23.0 Å². The summed E-state index contributed by atoms with van der Waals surface area (Å²) in [6.45, 7) is 0.442. The molecule has 1 fully saturated rings. The minimum atomic E-state index is -0.751. The molecule has 8 aromatic rings. The summed E-state index contributed by atoms with van der Waals surface area (Å²) in [6.07, 6.45) is 0.533. The van der Waals surface area contributed by atoms with Crippen LogP contribution in [-0.4, -0.2) is 47.3 Å². The Morgan fingerprint density at radius 3 is 1.47 bits per heavy atom.